The summed E-state index contributed by atoms with van der Waals surface area (Å²) < 4.78 is 36.4. The third-order valence-electron chi connectivity index (χ3n) is 4.08. The molecular weight excluding hydrogens is 404 g/mol. The number of benzene rings is 2. The van der Waals surface area contributed by atoms with Crippen LogP contribution in [-0.4, -0.2) is 40.8 Å². The number of carbonyl (C=O) groups excluding carboxylic acids is 1. The molecule has 2 rings (SSSR count). The molecule has 7 nitrogen and oxygen atoms in total. The SMILES string of the molecule is CCC(C(=O)Nc1ccc(OC)cc1OC)N(c1ccc(Cl)cc1)S(C)(=O)=O. The van der Waals surface area contributed by atoms with Gasteiger partial charge in [0.15, 0.2) is 0 Å². The first kappa shape index (κ1) is 21.8. The Balaban J connectivity index is 2.38. The molecule has 0 bridgehead atoms. The summed E-state index contributed by atoms with van der Waals surface area (Å²) in [4.78, 5) is 13.0. The van der Waals surface area contributed by atoms with Crippen LogP contribution in [0.15, 0.2) is 42.5 Å². The number of anilines is 2. The fraction of sp³-hybridized carbons (Fsp3) is 0.316. The number of carbonyl (C=O) groups is 1. The Morgan fingerprint density at radius 2 is 1.79 bits per heavy atom. The zero-order valence-electron chi connectivity index (χ0n) is 16.1. The number of nitrogens with zero attached hydrogens (tertiary/aromatic N) is 1. The highest BCUT2D eigenvalue weighted by Gasteiger charge is 2.32. The number of nitrogens with one attached hydrogen (secondary N) is 1. The van der Waals surface area contributed by atoms with E-state index in [2.05, 4.69) is 5.32 Å². The molecule has 2 aromatic carbocycles. The third-order valence-corrected chi connectivity index (χ3v) is 5.51. The van der Waals surface area contributed by atoms with E-state index in [0.717, 1.165) is 10.6 Å². The highest BCUT2D eigenvalue weighted by molar-refractivity contribution is 7.92. The number of amides is 1. The largest absolute Gasteiger partial charge is 0.497 e. The summed E-state index contributed by atoms with van der Waals surface area (Å²) in [5.41, 5.74) is 0.770. The summed E-state index contributed by atoms with van der Waals surface area (Å²) >= 11 is 5.90. The molecule has 152 valence electrons. The van der Waals surface area contributed by atoms with Crippen molar-refractivity contribution in [3.63, 3.8) is 0 Å². The van der Waals surface area contributed by atoms with Gasteiger partial charge in [0.05, 0.1) is 31.9 Å². The minimum absolute atomic E-state index is 0.264. The van der Waals surface area contributed by atoms with E-state index in [9.17, 15) is 13.2 Å². The van der Waals surface area contributed by atoms with Gasteiger partial charge >= 0.3 is 0 Å². The fourth-order valence-corrected chi connectivity index (χ4v) is 4.10. The van der Waals surface area contributed by atoms with Crippen LogP contribution in [-0.2, 0) is 14.8 Å². The van der Waals surface area contributed by atoms with E-state index >= 15 is 0 Å². The van der Waals surface area contributed by atoms with E-state index in [-0.39, 0.29) is 6.42 Å². The van der Waals surface area contributed by atoms with Crippen molar-refractivity contribution in [1.29, 1.82) is 0 Å². The molecule has 1 atom stereocenters. The van der Waals surface area contributed by atoms with E-state index < -0.39 is 22.0 Å². The van der Waals surface area contributed by atoms with Gasteiger partial charge in [-0.3, -0.25) is 9.10 Å². The van der Waals surface area contributed by atoms with Gasteiger partial charge in [-0.05, 0) is 42.8 Å². The zero-order chi connectivity index (χ0) is 20.9. The van der Waals surface area contributed by atoms with Crippen LogP contribution < -0.4 is 19.1 Å². The molecule has 0 radical (unpaired) electrons. The predicted molar refractivity (Wildman–Crippen MR) is 111 cm³/mol. The number of hydrogen-bond acceptors (Lipinski definition) is 5. The number of sulfonamides is 1. The van der Waals surface area contributed by atoms with Crippen molar-refractivity contribution in [2.24, 2.45) is 0 Å². The monoisotopic (exact) mass is 426 g/mol. The van der Waals surface area contributed by atoms with E-state index in [1.807, 2.05) is 0 Å². The van der Waals surface area contributed by atoms with Crippen molar-refractivity contribution < 1.29 is 22.7 Å². The Kier molecular flexibility index (Phi) is 7.15. The molecule has 0 saturated heterocycles. The average Bonchev–Trinajstić information content (AvgIpc) is 2.66. The minimum atomic E-state index is -3.73. The van der Waals surface area contributed by atoms with Crippen molar-refractivity contribution in [2.45, 2.75) is 19.4 Å². The average molecular weight is 427 g/mol. The zero-order valence-corrected chi connectivity index (χ0v) is 17.7. The van der Waals surface area contributed by atoms with Gasteiger partial charge < -0.3 is 14.8 Å². The maximum Gasteiger partial charge on any atom is 0.248 e. The van der Waals surface area contributed by atoms with Crippen molar-refractivity contribution in [3.05, 3.63) is 47.5 Å². The minimum Gasteiger partial charge on any atom is -0.497 e. The lowest BCUT2D eigenvalue weighted by Gasteiger charge is -2.30. The lowest BCUT2D eigenvalue weighted by atomic mass is 10.1. The number of rotatable bonds is 8. The summed E-state index contributed by atoms with van der Waals surface area (Å²) in [5.74, 6) is 0.493. The molecule has 0 aromatic heterocycles. The predicted octanol–water partition coefficient (Wildman–Crippen LogP) is 3.54. The quantitative estimate of drug-likeness (QED) is 0.697. The molecule has 2 aromatic rings. The number of halogens is 1. The molecule has 0 saturated carbocycles. The van der Waals surface area contributed by atoms with Gasteiger partial charge in [0.2, 0.25) is 15.9 Å². The molecule has 28 heavy (non-hydrogen) atoms. The number of ether oxygens (including phenoxy) is 2. The van der Waals surface area contributed by atoms with Gasteiger partial charge in [-0.1, -0.05) is 18.5 Å². The van der Waals surface area contributed by atoms with Crippen LogP contribution >= 0.6 is 11.6 Å². The highest BCUT2D eigenvalue weighted by atomic mass is 35.5. The first-order chi connectivity index (χ1) is 13.2. The lowest BCUT2D eigenvalue weighted by Crippen LogP contribution is -2.47. The molecule has 0 fully saturated rings. The molecule has 9 heteroatoms. The Bertz CT molecular complexity index is 932. The number of hydrogen-bond donors (Lipinski definition) is 1. The second kappa shape index (κ2) is 9.16. The van der Waals surface area contributed by atoms with E-state index in [1.165, 1.54) is 14.2 Å². The van der Waals surface area contributed by atoms with Crippen LogP contribution in [0.4, 0.5) is 11.4 Å². The van der Waals surface area contributed by atoms with Crippen LogP contribution in [0.1, 0.15) is 13.3 Å². The third kappa shape index (κ3) is 5.08. The topological polar surface area (TPSA) is 84.9 Å². The molecule has 1 N–H and O–H groups in total. The molecule has 0 aliphatic carbocycles. The molecule has 1 unspecified atom stereocenters. The van der Waals surface area contributed by atoms with Crippen LogP contribution in [0, 0.1) is 0 Å². The second-order valence-corrected chi connectivity index (χ2v) is 8.31. The van der Waals surface area contributed by atoms with Crippen LogP contribution in [0.2, 0.25) is 5.02 Å². The Hall–Kier alpha value is -2.45. The first-order valence-electron chi connectivity index (χ1n) is 8.49. The lowest BCUT2D eigenvalue weighted by molar-refractivity contribution is -0.117. The molecule has 1 amide bonds. The van der Waals surface area contributed by atoms with Crippen molar-refractivity contribution in [2.75, 3.05) is 30.1 Å². The molecule has 0 aliphatic heterocycles. The van der Waals surface area contributed by atoms with Gasteiger partial charge in [0.1, 0.15) is 17.5 Å². The molecular formula is C19H23ClN2O5S. The second-order valence-electron chi connectivity index (χ2n) is 6.01. The summed E-state index contributed by atoms with van der Waals surface area (Å²) in [5, 5.41) is 3.22. The fourth-order valence-electron chi connectivity index (χ4n) is 2.77. The molecule has 0 aliphatic rings. The number of methoxy groups -OCH3 is 2. The van der Waals surface area contributed by atoms with E-state index in [1.54, 1.807) is 49.4 Å². The molecule has 0 heterocycles. The van der Waals surface area contributed by atoms with Crippen molar-refractivity contribution >= 4 is 38.9 Å². The normalized spacial score (nSPS) is 12.2. The highest BCUT2D eigenvalue weighted by Crippen LogP contribution is 2.30. The summed E-state index contributed by atoms with van der Waals surface area (Å²) in [7, 11) is -0.733. The Morgan fingerprint density at radius 3 is 2.29 bits per heavy atom. The van der Waals surface area contributed by atoms with Crippen LogP contribution in [0.3, 0.4) is 0 Å². The first-order valence-corrected chi connectivity index (χ1v) is 10.7. The van der Waals surface area contributed by atoms with Gasteiger partial charge in [-0.15, -0.1) is 0 Å². The summed E-state index contributed by atoms with van der Waals surface area (Å²) in [6, 6.07) is 10.3. The van der Waals surface area contributed by atoms with Gasteiger partial charge in [-0.25, -0.2) is 8.42 Å². The maximum atomic E-state index is 13.0. The standard InChI is InChI=1S/C19H23ClN2O5S/c1-5-17(22(28(4,24)25)14-8-6-13(20)7-9-14)19(23)21-16-11-10-15(26-2)12-18(16)27-3/h6-12,17H,5H2,1-4H3,(H,21,23). The van der Waals surface area contributed by atoms with Gasteiger partial charge in [0.25, 0.3) is 0 Å². The molecule has 0 spiro atoms. The summed E-state index contributed by atoms with van der Waals surface area (Å²) in [6.07, 6.45) is 1.32. The van der Waals surface area contributed by atoms with Crippen LogP contribution in [0.5, 0.6) is 11.5 Å². The smallest absolute Gasteiger partial charge is 0.248 e. The van der Waals surface area contributed by atoms with Crippen LogP contribution in [0.25, 0.3) is 0 Å². The maximum absolute atomic E-state index is 13.0. The Morgan fingerprint density at radius 1 is 1.14 bits per heavy atom. The van der Waals surface area contributed by atoms with Crippen molar-refractivity contribution in [1.82, 2.24) is 0 Å². The Labute approximate surface area is 170 Å². The van der Waals surface area contributed by atoms with Gasteiger partial charge in [0, 0.05) is 11.1 Å². The van der Waals surface area contributed by atoms with Crippen molar-refractivity contribution in [3.8, 4) is 11.5 Å². The summed E-state index contributed by atoms with van der Waals surface area (Å²) in [6.45, 7) is 1.74. The van der Waals surface area contributed by atoms with Gasteiger partial charge in [-0.2, -0.15) is 0 Å². The van der Waals surface area contributed by atoms with E-state index in [4.69, 9.17) is 21.1 Å². The van der Waals surface area contributed by atoms with E-state index in [0.29, 0.717) is 27.9 Å².